The van der Waals surface area contributed by atoms with Crippen molar-refractivity contribution < 1.29 is 29.2 Å². The maximum Gasteiger partial charge on any atom is 0.223 e. The predicted molar refractivity (Wildman–Crippen MR) is 150 cm³/mol. The summed E-state index contributed by atoms with van der Waals surface area (Å²) in [4.78, 5) is 14.7. The molecule has 1 amide bonds. The Morgan fingerprint density at radius 2 is 1.47 bits per heavy atom. The van der Waals surface area contributed by atoms with Crippen molar-refractivity contribution >= 4 is 5.91 Å². The average Bonchev–Trinajstić information content (AvgIpc) is 2.92. The van der Waals surface area contributed by atoms with E-state index in [1.54, 1.807) is 31.4 Å². The van der Waals surface area contributed by atoms with Crippen LogP contribution in [0.2, 0.25) is 0 Å². The molecular weight excluding hydrogens is 484 g/mol. The summed E-state index contributed by atoms with van der Waals surface area (Å²) in [6, 6.07) is 14.0. The van der Waals surface area contributed by atoms with E-state index in [1.165, 1.54) is 12.8 Å². The molecule has 3 atom stereocenters. The highest BCUT2D eigenvalue weighted by Crippen LogP contribution is 2.22. The van der Waals surface area contributed by atoms with E-state index in [0.29, 0.717) is 37.4 Å². The van der Waals surface area contributed by atoms with E-state index >= 15 is 0 Å². The molecule has 0 aromatic heterocycles. The minimum atomic E-state index is -0.929. The molecule has 0 saturated heterocycles. The minimum absolute atomic E-state index is 0.140. The van der Waals surface area contributed by atoms with Crippen LogP contribution in [0.1, 0.15) is 64.0 Å². The van der Waals surface area contributed by atoms with Crippen LogP contribution >= 0.6 is 0 Å². The molecule has 2 aromatic rings. The summed E-state index contributed by atoms with van der Waals surface area (Å²) in [5.41, 5.74) is 0.688. The van der Waals surface area contributed by atoms with E-state index in [9.17, 15) is 15.0 Å². The van der Waals surface area contributed by atoms with Crippen LogP contribution in [-0.4, -0.2) is 73.6 Å². The van der Waals surface area contributed by atoms with Crippen LogP contribution < -0.4 is 19.5 Å². The van der Waals surface area contributed by atoms with Crippen molar-refractivity contribution in [1.82, 2.24) is 10.2 Å². The summed E-state index contributed by atoms with van der Waals surface area (Å²) >= 11 is 0. The SMILES string of the molecule is CCCCCCOc1ccc([C@@H](O)[C@@H](CN(C)C[C@@H](O)CC)NC(=O)CCOc2ccc(OC)cc2)cc1. The van der Waals surface area contributed by atoms with Gasteiger partial charge in [-0.1, -0.05) is 45.2 Å². The van der Waals surface area contributed by atoms with Crippen molar-refractivity contribution in [3.63, 3.8) is 0 Å². The molecule has 0 saturated carbocycles. The smallest absolute Gasteiger partial charge is 0.223 e. The first kappa shape index (κ1) is 31.4. The highest BCUT2D eigenvalue weighted by atomic mass is 16.5. The van der Waals surface area contributed by atoms with Crippen molar-refractivity contribution in [3.8, 4) is 17.2 Å². The number of nitrogens with zero attached hydrogens (tertiary/aromatic N) is 1. The fourth-order valence-corrected chi connectivity index (χ4v) is 4.05. The standard InChI is InChI=1S/C30H46N2O6/c1-5-7-8-9-19-37-26-12-10-23(11-13-26)30(35)28(22-32(3)21-24(33)6-2)31-29(34)18-20-38-27-16-14-25(36-4)15-17-27/h10-17,24,28,30,33,35H,5-9,18-22H2,1-4H3,(H,31,34)/t24-,28+,30+/m0/s1. The Kier molecular flexibility index (Phi) is 14.6. The van der Waals surface area contributed by atoms with E-state index < -0.39 is 18.2 Å². The summed E-state index contributed by atoms with van der Waals surface area (Å²) in [5.74, 6) is 1.92. The monoisotopic (exact) mass is 530 g/mol. The van der Waals surface area contributed by atoms with Gasteiger partial charge in [0.1, 0.15) is 23.4 Å². The number of methoxy groups -OCH3 is 1. The Bertz CT molecular complexity index is 906. The number of amides is 1. The topological polar surface area (TPSA) is 100 Å². The van der Waals surface area contributed by atoms with E-state index in [2.05, 4.69) is 12.2 Å². The van der Waals surface area contributed by atoms with Crippen molar-refractivity contribution in [2.45, 2.75) is 70.6 Å². The van der Waals surface area contributed by atoms with Crippen LogP contribution in [0.25, 0.3) is 0 Å². The summed E-state index contributed by atoms with van der Waals surface area (Å²) in [6.07, 6.45) is 3.94. The number of carbonyl (C=O) groups excluding carboxylic acids is 1. The van der Waals surface area contributed by atoms with Gasteiger partial charge in [0.25, 0.3) is 0 Å². The normalized spacial score (nSPS) is 13.6. The average molecular weight is 531 g/mol. The molecule has 0 heterocycles. The van der Waals surface area contributed by atoms with Crippen molar-refractivity contribution in [2.75, 3.05) is 40.5 Å². The van der Waals surface area contributed by atoms with Crippen LogP contribution in [0.3, 0.4) is 0 Å². The van der Waals surface area contributed by atoms with Crippen LogP contribution in [0.5, 0.6) is 17.2 Å². The molecule has 2 rings (SSSR count). The molecule has 3 N–H and O–H groups in total. The Morgan fingerprint density at radius 3 is 2.08 bits per heavy atom. The number of hydrogen-bond donors (Lipinski definition) is 3. The van der Waals surface area contributed by atoms with Gasteiger partial charge >= 0.3 is 0 Å². The molecule has 0 bridgehead atoms. The molecule has 0 unspecified atom stereocenters. The number of nitrogens with one attached hydrogen (secondary N) is 1. The number of hydrogen-bond acceptors (Lipinski definition) is 7. The molecule has 212 valence electrons. The van der Waals surface area contributed by atoms with Crippen molar-refractivity contribution in [1.29, 1.82) is 0 Å². The van der Waals surface area contributed by atoms with Gasteiger partial charge in [-0.25, -0.2) is 0 Å². The first-order valence-corrected chi connectivity index (χ1v) is 13.7. The summed E-state index contributed by atoms with van der Waals surface area (Å²) < 4.78 is 16.6. The molecule has 0 aliphatic carbocycles. The maximum atomic E-state index is 12.8. The van der Waals surface area contributed by atoms with E-state index in [-0.39, 0.29) is 18.9 Å². The quantitative estimate of drug-likeness (QED) is 0.232. The number of benzene rings is 2. The van der Waals surface area contributed by atoms with E-state index in [0.717, 1.165) is 24.3 Å². The lowest BCUT2D eigenvalue weighted by Gasteiger charge is -2.30. The number of carbonyl (C=O) groups is 1. The third-order valence-electron chi connectivity index (χ3n) is 6.38. The molecule has 8 nitrogen and oxygen atoms in total. The fraction of sp³-hybridized carbons (Fsp3) is 0.567. The molecule has 2 aromatic carbocycles. The lowest BCUT2D eigenvalue weighted by Crippen LogP contribution is -2.47. The second-order valence-corrected chi connectivity index (χ2v) is 9.65. The Balaban J connectivity index is 1.96. The highest BCUT2D eigenvalue weighted by molar-refractivity contribution is 5.76. The minimum Gasteiger partial charge on any atom is -0.497 e. The molecule has 0 spiro atoms. The first-order valence-electron chi connectivity index (χ1n) is 13.7. The van der Waals surface area contributed by atoms with Gasteiger partial charge in [0.2, 0.25) is 5.91 Å². The Morgan fingerprint density at radius 1 is 0.868 bits per heavy atom. The van der Waals surface area contributed by atoms with Gasteiger partial charge in [-0.15, -0.1) is 0 Å². The zero-order chi connectivity index (χ0) is 27.8. The molecule has 38 heavy (non-hydrogen) atoms. The van der Waals surface area contributed by atoms with Crippen LogP contribution in [0.4, 0.5) is 0 Å². The van der Waals surface area contributed by atoms with Gasteiger partial charge in [0.15, 0.2) is 0 Å². The highest BCUT2D eigenvalue weighted by Gasteiger charge is 2.25. The fourth-order valence-electron chi connectivity index (χ4n) is 4.05. The van der Waals surface area contributed by atoms with Crippen molar-refractivity contribution in [2.24, 2.45) is 0 Å². The number of likely N-dealkylation sites (N-methyl/N-ethyl adjacent to an activating group) is 1. The Labute approximate surface area is 227 Å². The number of unbranched alkanes of at least 4 members (excludes halogenated alkanes) is 3. The predicted octanol–water partition coefficient (Wildman–Crippen LogP) is 4.34. The van der Waals surface area contributed by atoms with Gasteiger partial charge in [0, 0.05) is 13.1 Å². The number of ether oxygens (including phenoxy) is 3. The molecule has 8 heteroatoms. The second-order valence-electron chi connectivity index (χ2n) is 9.65. The van der Waals surface area contributed by atoms with Crippen LogP contribution in [-0.2, 0) is 4.79 Å². The summed E-state index contributed by atoms with van der Waals surface area (Å²) in [7, 11) is 3.47. The molecular formula is C30H46N2O6. The zero-order valence-electron chi connectivity index (χ0n) is 23.4. The lowest BCUT2D eigenvalue weighted by molar-refractivity contribution is -0.123. The first-order chi connectivity index (χ1) is 18.4. The van der Waals surface area contributed by atoms with Gasteiger partial charge in [0.05, 0.1) is 38.9 Å². The van der Waals surface area contributed by atoms with Crippen molar-refractivity contribution in [3.05, 3.63) is 54.1 Å². The molecule has 0 fully saturated rings. The molecule has 0 radical (unpaired) electrons. The van der Waals surface area contributed by atoms with E-state index in [4.69, 9.17) is 14.2 Å². The molecule has 0 aliphatic heterocycles. The largest absolute Gasteiger partial charge is 0.497 e. The van der Waals surface area contributed by atoms with Crippen LogP contribution in [0.15, 0.2) is 48.5 Å². The maximum absolute atomic E-state index is 12.8. The summed E-state index contributed by atoms with van der Waals surface area (Å²) in [6.45, 7) is 5.79. The third-order valence-corrected chi connectivity index (χ3v) is 6.38. The van der Waals surface area contributed by atoms with Gasteiger partial charge in [-0.3, -0.25) is 4.79 Å². The number of rotatable bonds is 19. The lowest BCUT2D eigenvalue weighted by atomic mass is 10.0. The summed E-state index contributed by atoms with van der Waals surface area (Å²) in [5, 5.41) is 24.2. The number of aliphatic hydroxyl groups is 2. The number of aliphatic hydroxyl groups excluding tert-OH is 2. The zero-order valence-corrected chi connectivity index (χ0v) is 23.4. The van der Waals surface area contributed by atoms with E-state index in [1.807, 2.05) is 43.1 Å². The second kappa shape index (κ2) is 17.7. The van der Waals surface area contributed by atoms with Crippen LogP contribution in [0, 0.1) is 0 Å². The third kappa shape index (κ3) is 11.7. The Hall–Kier alpha value is -2.81. The van der Waals surface area contributed by atoms with Gasteiger partial charge in [-0.05, 0) is 61.9 Å². The van der Waals surface area contributed by atoms with Gasteiger partial charge in [-0.2, -0.15) is 0 Å². The molecule has 0 aliphatic rings. The van der Waals surface area contributed by atoms with Gasteiger partial charge < -0.3 is 34.6 Å².